The van der Waals surface area contributed by atoms with Gasteiger partial charge in [0.05, 0.1) is 26.4 Å². The molecule has 8 bridgehead atoms. The highest BCUT2D eigenvalue weighted by atomic mass is 16.5. The van der Waals surface area contributed by atoms with Crippen LogP contribution in [-0.2, 0) is 44.9 Å². The minimum atomic E-state index is -1.07. The molecule has 1 aliphatic carbocycles. The van der Waals surface area contributed by atoms with Crippen molar-refractivity contribution in [2.24, 2.45) is 23.4 Å². The first kappa shape index (κ1) is 62.5. The Balaban J connectivity index is 2.03. The van der Waals surface area contributed by atoms with Crippen molar-refractivity contribution in [3.63, 3.8) is 0 Å². The molecular weight excluding hydrogens is 1030 g/mol. The van der Waals surface area contributed by atoms with E-state index in [1.54, 1.807) is 48.5 Å². The zero-order valence-corrected chi connectivity index (χ0v) is 46.6. The van der Waals surface area contributed by atoms with Crippen LogP contribution >= 0.6 is 0 Å². The average molecular weight is 1110 g/mol. The lowest BCUT2D eigenvalue weighted by molar-refractivity contribution is -0.123. The molecule has 24 heteroatoms. The minimum Gasteiger partial charge on any atom is -0.493 e. The molecule has 16 N–H and O–H groups in total. The van der Waals surface area contributed by atoms with Crippen molar-refractivity contribution < 1.29 is 57.3 Å². The van der Waals surface area contributed by atoms with Crippen LogP contribution in [0.1, 0.15) is 167 Å². The van der Waals surface area contributed by atoms with Crippen molar-refractivity contribution >= 4 is 47.3 Å². The summed E-state index contributed by atoms with van der Waals surface area (Å²) in [5, 5.41) is 10.9. The fourth-order valence-corrected chi connectivity index (χ4v) is 8.85. The van der Waals surface area contributed by atoms with Gasteiger partial charge in [0.15, 0.2) is 0 Å². The molecule has 4 aromatic rings. The van der Waals surface area contributed by atoms with E-state index in [0.717, 1.165) is 0 Å². The molecule has 4 aromatic carbocycles. The summed E-state index contributed by atoms with van der Waals surface area (Å²) in [6.07, 6.45) is 2.02. The molecule has 0 aromatic heterocycles. The number of carbonyl (C=O) groups is 8. The van der Waals surface area contributed by atoms with Gasteiger partial charge in [-0.3, -0.25) is 60.1 Å². The van der Waals surface area contributed by atoms with Crippen molar-refractivity contribution in [1.82, 2.24) is 43.0 Å². The maximum absolute atomic E-state index is 14.4. The molecule has 8 amide bonds. The van der Waals surface area contributed by atoms with Crippen LogP contribution in [0.2, 0.25) is 0 Å². The van der Waals surface area contributed by atoms with Crippen LogP contribution in [0.5, 0.6) is 23.0 Å². The number of amides is 8. The van der Waals surface area contributed by atoms with Gasteiger partial charge in [-0.25, -0.2) is 23.4 Å². The average Bonchev–Trinajstić information content (AvgIpc) is 3.51. The van der Waals surface area contributed by atoms with E-state index in [1.165, 1.54) is 27.7 Å². The molecule has 0 unspecified atom stereocenters. The van der Waals surface area contributed by atoms with E-state index >= 15 is 0 Å². The molecular formula is C56H76N12O12. The smallest absolute Gasteiger partial charge is 0.256 e. The Morgan fingerprint density at radius 2 is 0.512 bits per heavy atom. The number of ether oxygens (including phenoxy) is 4. The molecule has 0 saturated carbocycles. The van der Waals surface area contributed by atoms with E-state index < -0.39 is 71.4 Å². The number of rotatable bonds is 24. The van der Waals surface area contributed by atoms with Gasteiger partial charge in [-0.15, -0.1) is 0 Å². The van der Waals surface area contributed by atoms with E-state index in [0.29, 0.717) is 93.2 Å². The molecule has 1 aliphatic rings. The Labute approximate surface area is 465 Å². The molecule has 0 aliphatic heterocycles. The van der Waals surface area contributed by atoms with Crippen LogP contribution in [0.25, 0.3) is 0 Å². The second-order valence-corrected chi connectivity index (χ2v) is 19.4. The minimum absolute atomic E-state index is 0.0556. The third-order valence-corrected chi connectivity index (χ3v) is 12.9. The third kappa shape index (κ3) is 15.9. The first-order valence-electron chi connectivity index (χ1n) is 26.7. The molecule has 24 nitrogen and oxygen atoms in total. The highest BCUT2D eigenvalue weighted by molar-refractivity contribution is 6.01. The van der Waals surface area contributed by atoms with E-state index in [-0.39, 0.29) is 74.4 Å². The second-order valence-electron chi connectivity index (χ2n) is 19.4. The number of hydrazine groups is 4. The Hall–Kier alpha value is -8.32. The SMILES string of the molecule is CCCOc1c2cc(C(=O)N[C@@H](C)C(=O)NN)cc1Cc1cc(C(=O)N[C@@H](C)C(=O)NN)cc(c1OCCC)Cc1cc(C(=O)N[C@@H](C)C(=O)NN)cc(c1OCCC)Cc1cc(C(=O)N[C@@H](C)C(=O)NN)cc(c1OCCC)C2. The molecule has 5 rings (SSSR count). The highest BCUT2D eigenvalue weighted by Crippen LogP contribution is 2.41. The molecule has 0 spiro atoms. The van der Waals surface area contributed by atoms with Crippen LogP contribution < -0.4 is 85.3 Å². The van der Waals surface area contributed by atoms with Crippen LogP contribution in [0, 0.1) is 0 Å². The first-order valence-corrected chi connectivity index (χ1v) is 26.7. The normalized spacial score (nSPS) is 13.2. The molecule has 0 heterocycles. The predicted molar refractivity (Wildman–Crippen MR) is 297 cm³/mol. The molecule has 0 saturated heterocycles. The Morgan fingerprint density at radius 1 is 0.350 bits per heavy atom. The van der Waals surface area contributed by atoms with Crippen LogP contribution in [0.3, 0.4) is 0 Å². The molecule has 4 atom stereocenters. The number of carbonyl (C=O) groups excluding carboxylic acids is 8. The summed E-state index contributed by atoms with van der Waals surface area (Å²) in [6, 6.07) is 8.66. The third-order valence-electron chi connectivity index (χ3n) is 12.9. The number of nitrogens with one attached hydrogen (secondary N) is 8. The topological polar surface area (TPSA) is 374 Å². The zero-order valence-electron chi connectivity index (χ0n) is 46.6. The van der Waals surface area contributed by atoms with Gasteiger partial charge in [0.1, 0.15) is 47.2 Å². The number of benzene rings is 4. The van der Waals surface area contributed by atoms with Gasteiger partial charge in [-0.2, -0.15) is 0 Å². The maximum Gasteiger partial charge on any atom is 0.256 e. The Bertz CT molecular complexity index is 2470. The summed E-state index contributed by atoms with van der Waals surface area (Å²) < 4.78 is 26.7. The lowest BCUT2D eigenvalue weighted by Gasteiger charge is -2.25. The van der Waals surface area contributed by atoms with Crippen molar-refractivity contribution in [2.75, 3.05) is 26.4 Å². The van der Waals surface area contributed by atoms with Crippen LogP contribution in [-0.4, -0.2) is 97.9 Å². The Morgan fingerprint density at radius 3 is 0.650 bits per heavy atom. The van der Waals surface area contributed by atoms with Gasteiger partial charge in [-0.05, 0) is 146 Å². The van der Waals surface area contributed by atoms with Crippen LogP contribution in [0.4, 0.5) is 0 Å². The maximum atomic E-state index is 14.4. The standard InChI is InChI=1S/C56H76N12O12/c1-9-13-77-45-33-17-35-23-42(54(74)62-30(6)50(70)66-58)25-37(46(35)78-14-10-2)19-39-27-44(56(76)64-32(8)52(72)68-60)28-40(48(39)80-16-12-4)20-38-26-43(55(75)63-31(7)51(71)67-59)24-36(47(38)79-15-11-3)18-34(45)22-41(21-33)53(73)61-29(5)49(69)65-57/h21-32H,9-20,57-60H2,1-8H3,(H,61,73)(H,62,74)(H,63,75)(H,64,76)(H,65,69)(H,66,70)(H,67,71)(H,68,72)/t29-,30-,31-,32-/m0/s1. The fourth-order valence-electron chi connectivity index (χ4n) is 8.85. The van der Waals surface area contributed by atoms with Gasteiger partial charge in [0.2, 0.25) is 0 Å². The van der Waals surface area contributed by atoms with Crippen molar-refractivity contribution in [1.29, 1.82) is 0 Å². The van der Waals surface area contributed by atoms with E-state index in [4.69, 9.17) is 42.3 Å². The van der Waals surface area contributed by atoms with Gasteiger partial charge in [-0.1, -0.05) is 27.7 Å². The Kier molecular flexibility index (Phi) is 23.1. The highest BCUT2D eigenvalue weighted by Gasteiger charge is 2.29. The molecule has 0 radical (unpaired) electrons. The van der Waals surface area contributed by atoms with Gasteiger partial charge >= 0.3 is 0 Å². The summed E-state index contributed by atoms with van der Waals surface area (Å²) in [7, 11) is 0. The first-order chi connectivity index (χ1) is 38.2. The number of hydrogen-bond donors (Lipinski definition) is 12. The summed E-state index contributed by atoms with van der Waals surface area (Å²) in [6.45, 7) is 14.4. The van der Waals surface area contributed by atoms with Gasteiger partial charge < -0.3 is 40.2 Å². The summed E-state index contributed by atoms with van der Waals surface area (Å²) in [5.74, 6) is 18.0. The largest absolute Gasteiger partial charge is 0.493 e. The van der Waals surface area contributed by atoms with Crippen molar-refractivity contribution in [2.45, 2.75) is 131 Å². The lowest BCUT2D eigenvalue weighted by Crippen LogP contribution is -2.47. The quantitative estimate of drug-likeness (QED) is 0.0239. The second kappa shape index (κ2) is 29.6. The fraction of sp³-hybridized carbons (Fsp3) is 0.429. The van der Waals surface area contributed by atoms with E-state index in [1.807, 2.05) is 27.7 Å². The number of fused-ring (bicyclic) bond motifs is 8. The van der Waals surface area contributed by atoms with Gasteiger partial charge in [0.25, 0.3) is 47.3 Å². The van der Waals surface area contributed by atoms with Crippen molar-refractivity contribution in [3.8, 4) is 23.0 Å². The lowest BCUT2D eigenvalue weighted by atomic mass is 9.88. The van der Waals surface area contributed by atoms with E-state index in [9.17, 15) is 38.4 Å². The van der Waals surface area contributed by atoms with Crippen LogP contribution in [0.15, 0.2) is 48.5 Å². The molecule has 0 fully saturated rings. The molecule has 80 heavy (non-hydrogen) atoms. The number of nitrogens with two attached hydrogens (primary N) is 4. The zero-order chi connectivity index (χ0) is 58.8. The monoisotopic (exact) mass is 1110 g/mol. The van der Waals surface area contributed by atoms with E-state index in [2.05, 4.69) is 43.0 Å². The molecule has 432 valence electrons. The van der Waals surface area contributed by atoms with Crippen molar-refractivity contribution in [3.05, 3.63) is 115 Å². The number of hydrogen-bond acceptors (Lipinski definition) is 16. The summed E-state index contributed by atoms with van der Waals surface area (Å²) >= 11 is 0. The summed E-state index contributed by atoms with van der Waals surface area (Å²) in [4.78, 5) is 108. The predicted octanol–water partition coefficient (Wildman–Crippen LogP) is 1.95. The summed E-state index contributed by atoms with van der Waals surface area (Å²) in [5.41, 5.74) is 12.2. The van der Waals surface area contributed by atoms with Gasteiger partial charge in [0, 0.05) is 47.9 Å².